The van der Waals surface area contributed by atoms with Gasteiger partial charge in [-0.3, -0.25) is 4.79 Å². The zero-order valence-electron chi connectivity index (χ0n) is 14.5. The number of rotatable bonds is 12. The number of aliphatic hydroxyl groups excluding tert-OH is 3. The molecule has 6 heteroatoms. The lowest BCUT2D eigenvalue weighted by atomic mass is 10.0. The summed E-state index contributed by atoms with van der Waals surface area (Å²) in [6.07, 6.45) is 7.04. The van der Waals surface area contributed by atoms with E-state index in [0.29, 0.717) is 25.7 Å². The third-order valence-corrected chi connectivity index (χ3v) is 4.45. The number of unbranched alkanes of at least 4 members (excludes halogenated alkanes) is 4. The predicted molar refractivity (Wildman–Crippen MR) is 90.7 cm³/mol. The molecule has 1 rings (SSSR count). The fourth-order valence-electron chi connectivity index (χ4n) is 2.90. The van der Waals surface area contributed by atoms with Crippen LogP contribution in [0.3, 0.4) is 0 Å². The van der Waals surface area contributed by atoms with E-state index in [-0.39, 0.29) is 12.5 Å². The highest BCUT2D eigenvalue weighted by Crippen LogP contribution is 2.25. The molecule has 0 unspecified atom stereocenters. The quantitative estimate of drug-likeness (QED) is 0.319. The second-order valence-electron chi connectivity index (χ2n) is 6.57. The molecular formula is C18H32O6. The summed E-state index contributed by atoms with van der Waals surface area (Å²) in [6.45, 7) is 1.87. The minimum Gasteiger partial charge on any atom is -0.481 e. The van der Waals surface area contributed by atoms with Gasteiger partial charge < -0.3 is 25.2 Å². The van der Waals surface area contributed by atoms with Crippen LogP contribution in [0.5, 0.6) is 0 Å². The summed E-state index contributed by atoms with van der Waals surface area (Å²) in [6, 6.07) is 0. The maximum Gasteiger partial charge on any atom is 0.303 e. The molecule has 1 fully saturated rings. The maximum absolute atomic E-state index is 10.4. The largest absolute Gasteiger partial charge is 0.481 e. The lowest BCUT2D eigenvalue weighted by Gasteiger charge is -2.16. The minimum atomic E-state index is -0.749. The molecule has 1 aliphatic heterocycles. The Kier molecular flexibility index (Phi) is 10.2. The van der Waals surface area contributed by atoms with Gasteiger partial charge in [0.05, 0.1) is 24.4 Å². The van der Waals surface area contributed by atoms with Crippen LogP contribution < -0.4 is 0 Å². The van der Waals surface area contributed by atoms with Crippen molar-refractivity contribution in [1.82, 2.24) is 0 Å². The van der Waals surface area contributed by atoms with Crippen molar-refractivity contribution in [2.24, 2.45) is 0 Å². The molecule has 24 heavy (non-hydrogen) atoms. The third-order valence-electron chi connectivity index (χ3n) is 4.45. The first-order valence-electron chi connectivity index (χ1n) is 9.03. The molecular weight excluding hydrogens is 312 g/mol. The summed E-state index contributed by atoms with van der Waals surface area (Å²) in [5.74, 6) is -0.749. The molecule has 0 aromatic carbocycles. The number of carboxylic acids is 1. The molecule has 0 spiro atoms. The number of hydrogen-bond acceptors (Lipinski definition) is 5. The number of ether oxygens (including phenoxy) is 1. The van der Waals surface area contributed by atoms with Crippen LogP contribution in [0.1, 0.15) is 64.7 Å². The van der Waals surface area contributed by atoms with Gasteiger partial charge in [-0.05, 0) is 19.3 Å². The molecule has 140 valence electrons. The van der Waals surface area contributed by atoms with Crippen LogP contribution >= 0.6 is 0 Å². The molecule has 0 aliphatic carbocycles. The Hall–Kier alpha value is -0.950. The summed E-state index contributed by atoms with van der Waals surface area (Å²) in [5, 5.41) is 38.2. The lowest BCUT2D eigenvalue weighted by molar-refractivity contribution is -0.137. The molecule has 1 heterocycles. The molecule has 0 saturated carbocycles. The number of carbonyl (C=O) groups is 1. The monoisotopic (exact) mass is 344 g/mol. The standard InChI is InChI=1S/C18H32O6/c1-2-14(20)17-12-15(21)16(24-17)11-10-13(19)8-6-4-3-5-7-9-18(22)23/h10-11,13-17,19-21H,2-9,12H2,1H3,(H,22,23)/b11-10+/t13-,14+,15-,16-,17+/m0/s1. The van der Waals surface area contributed by atoms with Gasteiger partial charge in [-0.1, -0.05) is 44.8 Å². The summed E-state index contributed by atoms with van der Waals surface area (Å²) < 4.78 is 5.62. The average molecular weight is 344 g/mol. The molecule has 4 N–H and O–H groups in total. The van der Waals surface area contributed by atoms with Gasteiger partial charge in [0.25, 0.3) is 0 Å². The maximum atomic E-state index is 10.4. The Bertz CT molecular complexity index is 384. The van der Waals surface area contributed by atoms with Crippen LogP contribution in [0.15, 0.2) is 12.2 Å². The second kappa shape index (κ2) is 11.6. The van der Waals surface area contributed by atoms with E-state index >= 15 is 0 Å². The molecule has 0 aromatic rings. The Morgan fingerprint density at radius 2 is 1.88 bits per heavy atom. The fraction of sp³-hybridized carbons (Fsp3) is 0.833. The van der Waals surface area contributed by atoms with Crippen molar-refractivity contribution in [2.45, 2.75) is 95.2 Å². The Labute approximate surface area is 144 Å². The Morgan fingerprint density at radius 3 is 2.54 bits per heavy atom. The van der Waals surface area contributed by atoms with Gasteiger partial charge in [0.2, 0.25) is 0 Å². The summed E-state index contributed by atoms with van der Waals surface area (Å²) in [7, 11) is 0. The molecule has 0 bridgehead atoms. The average Bonchev–Trinajstić information content (AvgIpc) is 2.92. The highest BCUT2D eigenvalue weighted by atomic mass is 16.5. The van der Waals surface area contributed by atoms with E-state index in [4.69, 9.17) is 9.84 Å². The third kappa shape index (κ3) is 8.24. The zero-order valence-corrected chi connectivity index (χ0v) is 14.5. The number of carboxylic acid groups (broad SMARTS) is 1. The highest BCUT2D eigenvalue weighted by Gasteiger charge is 2.35. The topological polar surface area (TPSA) is 107 Å². The van der Waals surface area contributed by atoms with Crippen molar-refractivity contribution in [3.05, 3.63) is 12.2 Å². The molecule has 1 saturated heterocycles. The van der Waals surface area contributed by atoms with Crippen molar-refractivity contribution in [3.63, 3.8) is 0 Å². The van der Waals surface area contributed by atoms with E-state index in [1.165, 1.54) is 0 Å². The molecule has 5 atom stereocenters. The van der Waals surface area contributed by atoms with Crippen LogP contribution in [0.2, 0.25) is 0 Å². The van der Waals surface area contributed by atoms with Crippen LogP contribution in [0.4, 0.5) is 0 Å². The molecule has 0 aromatic heterocycles. The van der Waals surface area contributed by atoms with E-state index < -0.39 is 30.4 Å². The summed E-state index contributed by atoms with van der Waals surface area (Å²) in [4.78, 5) is 10.4. The van der Waals surface area contributed by atoms with E-state index in [2.05, 4.69) is 0 Å². The zero-order chi connectivity index (χ0) is 17.9. The van der Waals surface area contributed by atoms with Gasteiger partial charge in [0.15, 0.2) is 0 Å². The number of aliphatic hydroxyl groups is 3. The molecule has 6 nitrogen and oxygen atoms in total. The van der Waals surface area contributed by atoms with E-state index in [0.717, 1.165) is 25.7 Å². The van der Waals surface area contributed by atoms with Gasteiger partial charge in [0, 0.05) is 12.8 Å². The number of aliphatic carboxylic acids is 1. The second-order valence-corrected chi connectivity index (χ2v) is 6.57. The Balaban J connectivity index is 2.15. The normalized spacial score (nSPS) is 26.8. The van der Waals surface area contributed by atoms with Crippen molar-refractivity contribution < 1.29 is 30.0 Å². The van der Waals surface area contributed by atoms with Crippen molar-refractivity contribution in [1.29, 1.82) is 0 Å². The summed E-state index contributed by atoms with van der Waals surface area (Å²) in [5.41, 5.74) is 0. The van der Waals surface area contributed by atoms with Gasteiger partial charge in [-0.15, -0.1) is 0 Å². The van der Waals surface area contributed by atoms with Crippen LogP contribution in [-0.4, -0.2) is 56.9 Å². The van der Waals surface area contributed by atoms with Crippen LogP contribution in [0, 0.1) is 0 Å². The van der Waals surface area contributed by atoms with Gasteiger partial charge >= 0.3 is 5.97 Å². The highest BCUT2D eigenvalue weighted by molar-refractivity contribution is 5.66. The van der Waals surface area contributed by atoms with Crippen molar-refractivity contribution in [3.8, 4) is 0 Å². The smallest absolute Gasteiger partial charge is 0.303 e. The first kappa shape index (κ1) is 21.1. The molecule has 0 radical (unpaired) electrons. The number of hydrogen-bond donors (Lipinski definition) is 4. The first-order valence-corrected chi connectivity index (χ1v) is 9.03. The predicted octanol–water partition coefficient (Wildman–Crippen LogP) is 2.01. The van der Waals surface area contributed by atoms with Crippen molar-refractivity contribution >= 4 is 5.97 Å². The molecule has 1 aliphatic rings. The van der Waals surface area contributed by atoms with E-state index in [1.807, 2.05) is 6.92 Å². The SMILES string of the molecule is CC[C@@H](O)[C@H]1C[C@H](O)[C@H](/C=C/[C@@H](O)CCCCCCCC(=O)O)O1. The molecule has 0 amide bonds. The van der Waals surface area contributed by atoms with E-state index in [1.54, 1.807) is 12.2 Å². The Morgan fingerprint density at radius 1 is 1.21 bits per heavy atom. The van der Waals surface area contributed by atoms with Crippen LogP contribution in [-0.2, 0) is 9.53 Å². The first-order chi connectivity index (χ1) is 11.4. The summed E-state index contributed by atoms with van der Waals surface area (Å²) >= 11 is 0. The van der Waals surface area contributed by atoms with Crippen LogP contribution in [0.25, 0.3) is 0 Å². The fourth-order valence-corrected chi connectivity index (χ4v) is 2.90. The minimum absolute atomic E-state index is 0.225. The van der Waals surface area contributed by atoms with Gasteiger partial charge in [-0.25, -0.2) is 0 Å². The van der Waals surface area contributed by atoms with E-state index in [9.17, 15) is 20.1 Å². The van der Waals surface area contributed by atoms with Gasteiger partial charge in [0.1, 0.15) is 6.10 Å². The van der Waals surface area contributed by atoms with Gasteiger partial charge in [-0.2, -0.15) is 0 Å². The van der Waals surface area contributed by atoms with Crippen molar-refractivity contribution in [2.75, 3.05) is 0 Å². The lowest BCUT2D eigenvalue weighted by Crippen LogP contribution is -2.25.